The SMILES string of the molecule is NC(=O)[C@@H](Cc1ccc(O)cc1)NC(=O)c1ccc2c(c1)nc(-c1ccoc1)n2C1CCCCC1. The molecule has 4 N–H and O–H groups in total. The summed E-state index contributed by atoms with van der Waals surface area (Å²) in [7, 11) is 0. The first kappa shape index (κ1) is 22.7. The molecular formula is C27H28N4O4. The van der Waals surface area contributed by atoms with E-state index in [1.807, 2.05) is 12.1 Å². The number of amides is 2. The second-order valence-corrected chi connectivity index (χ2v) is 9.11. The number of imidazole rings is 1. The van der Waals surface area contributed by atoms with E-state index < -0.39 is 17.9 Å². The number of nitrogens with one attached hydrogen (secondary N) is 1. The normalized spacial score (nSPS) is 15.2. The Morgan fingerprint density at radius 3 is 2.57 bits per heavy atom. The van der Waals surface area contributed by atoms with E-state index in [2.05, 4.69) is 9.88 Å². The van der Waals surface area contributed by atoms with E-state index in [9.17, 15) is 14.7 Å². The molecule has 0 bridgehead atoms. The molecule has 2 amide bonds. The molecule has 0 saturated heterocycles. The zero-order chi connectivity index (χ0) is 24.4. The number of fused-ring (bicyclic) bond motifs is 1. The zero-order valence-corrected chi connectivity index (χ0v) is 19.3. The van der Waals surface area contributed by atoms with E-state index >= 15 is 0 Å². The zero-order valence-electron chi connectivity index (χ0n) is 19.3. The molecule has 1 saturated carbocycles. The standard InChI is InChI=1S/C27H28N4O4/c28-25(33)23(14-17-6-9-21(32)10-7-17)30-27(34)18-8-11-24-22(15-18)29-26(19-12-13-35-16-19)31(24)20-4-2-1-3-5-20/h6-13,15-16,20,23,32H,1-5,14H2,(H2,28,33)(H,30,34)/t23-/m1/s1. The van der Waals surface area contributed by atoms with Crippen molar-refractivity contribution in [1.29, 1.82) is 0 Å². The van der Waals surface area contributed by atoms with Gasteiger partial charge in [-0.1, -0.05) is 31.4 Å². The van der Waals surface area contributed by atoms with Gasteiger partial charge in [0.1, 0.15) is 23.9 Å². The molecule has 0 aliphatic heterocycles. The third kappa shape index (κ3) is 4.77. The second kappa shape index (κ2) is 9.66. The third-order valence-electron chi connectivity index (χ3n) is 6.70. The lowest BCUT2D eigenvalue weighted by atomic mass is 9.95. The van der Waals surface area contributed by atoms with Crippen molar-refractivity contribution >= 4 is 22.8 Å². The molecule has 8 nitrogen and oxygen atoms in total. The van der Waals surface area contributed by atoms with Crippen LogP contribution in [0.1, 0.15) is 54.1 Å². The Balaban J connectivity index is 1.43. The topological polar surface area (TPSA) is 123 Å². The minimum Gasteiger partial charge on any atom is -0.508 e. The van der Waals surface area contributed by atoms with E-state index in [1.54, 1.807) is 36.8 Å². The summed E-state index contributed by atoms with van der Waals surface area (Å²) < 4.78 is 7.59. The highest BCUT2D eigenvalue weighted by molar-refractivity contribution is 6.00. The number of aromatic nitrogens is 2. The predicted octanol–water partition coefficient (Wildman–Crippen LogP) is 4.33. The minimum absolute atomic E-state index is 0.129. The maximum atomic E-state index is 13.1. The molecule has 0 unspecified atom stereocenters. The Morgan fingerprint density at radius 1 is 1.11 bits per heavy atom. The van der Waals surface area contributed by atoms with Crippen LogP contribution in [0, 0.1) is 0 Å². The number of rotatable bonds is 7. The van der Waals surface area contributed by atoms with E-state index in [-0.39, 0.29) is 12.2 Å². The summed E-state index contributed by atoms with van der Waals surface area (Å²) in [5, 5.41) is 12.2. The van der Waals surface area contributed by atoms with E-state index in [4.69, 9.17) is 15.1 Å². The highest BCUT2D eigenvalue weighted by Crippen LogP contribution is 2.36. The van der Waals surface area contributed by atoms with E-state index in [1.165, 1.54) is 31.4 Å². The highest BCUT2D eigenvalue weighted by Gasteiger charge is 2.24. The van der Waals surface area contributed by atoms with Gasteiger partial charge in [0.2, 0.25) is 5.91 Å². The summed E-state index contributed by atoms with van der Waals surface area (Å²) in [6.07, 6.45) is 9.36. The first-order valence-electron chi connectivity index (χ1n) is 11.9. The monoisotopic (exact) mass is 472 g/mol. The van der Waals surface area contributed by atoms with Gasteiger partial charge in [-0.2, -0.15) is 0 Å². The van der Waals surface area contributed by atoms with Gasteiger partial charge in [0, 0.05) is 18.0 Å². The molecule has 1 atom stereocenters. The maximum Gasteiger partial charge on any atom is 0.252 e. The number of aromatic hydroxyl groups is 1. The fourth-order valence-electron chi connectivity index (χ4n) is 4.88. The van der Waals surface area contributed by atoms with Crippen LogP contribution in [0.4, 0.5) is 0 Å². The van der Waals surface area contributed by atoms with Crippen LogP contribution >= 0.6 is 0 Å². The van der Waals surface area contributed by atoms with Crippen LogP contribution in [-0.4, -0.2) is 32.5 Å². The first-order chi connectivity index (χ1) is 17.0. The van der Waals surface area contributed by atoms with Crippen molar-refractivity contribution in [2.75, 3.05) is 0 Å². The number of hydrogen-bond donors (Lipinski definition) is 3. The number of benzene rings is 2. The number of phenolic OH excluding ortho intramolecular Hbond substituents is 1. The van der Waals surface area contributed by atoms with Crippen molar-refractivity contribution in [2.45, 2.75) is 50.6 Å². The average molecular weight is 473 g/mol. The fraction of sp³-hybridized carbons (Fsp3) is 0.296. The molecule has 0 spiro atoms. The maximum absolute atomic E-state index is 13.1. The minimum atomic E-state index is -0.885. The van der Waals surface area contributed by atoms with Gasteiger partial charge in [0.25, 0.3) is 5.91 Å². The number of phenols is 1. The third-order valence-corrected chi connectivity index (χ3v) is 6.70. The number of hydrogen-bond acceptors (Lipinski definition) is 5. The molecule has 5 rings (SSSR count). The summed E-state index contributed by atoms with van der Waals surface area (Å²) in [4.78, 5) is 30.0. The summed E-state index contributed by atoms with van der Waals surface area (Å²) in [6.45, 7) is 0. The van der Waals surface area contributed by atoms with Crippen molar-refractivity contribution in [2.24, 2.45) is 5.73 Å². The molecular weight excluding hydrogens is 444 g/mol. The van der Waals surface area contributed by atoms with Crippen LogP contribution in [0.25, 0.3) is 22.4 Å². The molecule has 180 valence electrons. The van der Waals surface area contributed by atoms with Crippen LogP contribution in [0.3, 0.4) is 0 Å². The van der Waals surface area contributed by atoms with Gasteiger partial charge >= 0.3 is 0 Å². The first-order valence-corrected chi connectivity index (χ1v) is 11.9. The molecule has 1 fully saturated rings. The van der Waals surface area contributed by atoms with Gasteiger partial charge in [-0.3, -0.25) is 9.59 Å². The summed E-state index contributed by atoms with van der Waals surface area (Å²) in [5.41, 5.74) is 9.34. The van der Waals surface area contributed by atoms with Crippen molar-refractivity contribution in [3.05, 3.63) is 72.2 Å². The van der Waals surface area contributed by atoms with Gasteiger partial charge < -0.3 is 25.1 Å². The number of furan rings is 1. The fourth-order valence-corrected chi connectivity index (χ4v) is 4.88. The average Bonchev–Trinajstić information content (AvgIpc) is 3.53. The molecule has 8 heteroatoms. The lowest BCUT2D eigenvalue weighted by Gasteiger charge is -2.25. The molecule has 1 aliphatic rings. The number of carbonyl (C=O) groups excluding carboxylic acids is 2. The number of nitrogens with two attached hydrogens (primary N) is 1. The Bertz CT molecular complexity index is 1340. The number of carbonyl (C=O) groups is 2. The number of primary amides is 1. The molecule has 2 aromatic carbocycles. The van der Waals surface area contributed by atoms with Crippen LogP contribution in [0.5, 0.6) is 5.75 Å². The van der Waals surface area contributed by atoms with E-state index in [0.717, 1.165) is 35.3 Å². The lowest BCUT2D eigenvalue weighted by molar-refractivity contribution is -0.119. The Kier molecular flexibility index (Phi) is 6.27. The summed E-state index contributed by atoms with van der Waals surface area (Å²) in [5.74, 6) is -0.0624. The lowest BCUT2D eigenvalue weighted by Crippen LogP contribution is -2.45. The highest BCUT2D eigenvalue weighted by atomic mass is 16.3. The largest absolute Gasteiger partial charge is 0.508 e. The molecule has 0 radical (unpaired) electrons. The van der Waals surface area contributed by atoms with Gasteiger partial charge in [-0.25, -0.2) is 4.98 Å². The van der Waals surface area contributed by atoms with Gasteiger partial charge in [0.05, 0.1) is 22.9 Å². The van der Waals surface area contributed by atoms with Crippen LogP contribution in [0.15, 0.2) is 65.5 Å². The van der Waals surface area contributed by atoms with Crippen LogP contribution in [0.2, 0.25) is 0 Å². The molecule has 35 heavy (non-hydrogen) atoms. The molecule has 4 aromatic rings. The van der Waals surface area contributed by atoms with Gasteiger partial charge in [0.15, 0.2) is 0 Å². The predicted molar refractivity (Wildman–Crippen MR) is 132 cm³/mol. The van der Waals surface area contributed by atoms with Gasteiger partial charge in [-0.15, -0.1) is 0 Å². The number of nitrogens with zero attached hydrogens (tertiary/aromatic N) is 2. The van der Waals surface area contributed by atoms with Crippen molar-refractivity contribution in [1.82, 2.24) is 14.9 Å². The summed E-state index contributed by atoms with van der Waals surface area (Å²) in [6, 6.07) is 13.3. The Morgan fingerprint density at radius 2 is 1.89 bits per heavy atom. The second-order valence-electron chi connectivity index (χ2n) is 9.11. The van der Waals surface area contributed by atoms with Gasteiger partial charge in [-0.05, 0) is 54.8 Å². The molecule has 2 heterocycles. The quantitative estimate of drug-likeness (QED) is 0.369. The molecule has 1 aliphatic carbocycles. The van der Waals surface area contributed by atoms with Crippen molar-refractivity contribution < 1.29 is 19.1 Å². The van der Waals surface area contributed by atoms with E-state index in [0.29, 0.717) is 17.1 Å². The van der Waals surface area contributed by atoms with Crippen molar-refractivity contribution in [3.8, 4) is 17.1 Å². The molecule has 2 aromatic heterocycles. The Hall–Kier alpha value is -4.07. The summed E-state index contributed by atoms with van der Waals surface area (Å²) >= 11 is 0. The van der Waals surface area contributed by atoms with Crippen LogP contribution < -0.4 is 11.1 Å². The smallest absolute Gasteiger partial charge is 0.252 e. The van der Waals surface area contributed by atoms with Crippen LogP contribution in [-0.2, 0) is 11.2 Å². The van der Waals surface area contributed by atoms with Crippen molar-refractivity contribution in [3.63, 3.8) is 0 Å². The Labute approximate surface area is 202 Å².